The largest absolute Gasteiger partial charge is 0.481 e. The Labute approximate surface area is 205 Å². The van der Waals surface area contributed by atoms with E-state index >= 15 is 0 Å². The number of carbonyl (C=O) groups is 2. The van der Waals surface area contributed by atoms with Gasteiger partial charge >= 0.3 is 11.9 Å². The predicted molar refractivity (Wildman–Crippen MR) is 140 cm³/mol. The molecule has 0 aliphatic rings. The van der Waals surface area contributed by atoms with Crippen LogP contribution in [0, 0.1) is 0 Å². The number of carboxylic acid groups (broad SMARTS) is 1. The number of hydrogen-bond acceptors (Lipinski definition) is 3. The average Bonchev–Trinajstić information content (AvgIpc) is 2.79. The fourth-order valence-electron chi connectivity index (χ4n) is 4.40. The SMILES string of the molecule is CCCCCCCCCCCCCC(=O)OC(CCCC)CCCCCCCCCC(=O)O. The Hall–Kier alpha value is -1.06. The van der Waals surface area contributed by atoms with E-state index < -0.39 is 5.97 Å². The van der Waals surface area contributed by atoms with E-state index in [1.807, 2.05) is 0 Å². The van der Waals surface area contributed by atoms with Crippen LogP contribution in [0.1, 0.15) is 168 Å². The van der Waals surface area contributed by atoms with Crippen molar-refractivity contribution in [3.05, 3.63) is 0 Å². The van der Waals surface area contributed by atoms with Gasteiger partial charge in [0.25, 0.3) is 0 Å². The molecule has 4 nitrogen and oxygen atoms in total. The first kappa shape index (κ1) is 31.9. The first-order valence-corrected chi connectivity index (χ1v) is 14.5. The number of hydrogen-bond donors (Lipinski definition) is 1. The first-order chi connectivity index (χ1) is 16.1. The van der Waals surface area contributed by atoms with Gasteiger partial charge < -0.3 is 9.84 Å². The molecular weight excluding hydrogens is 412 g/mol. The lowest BCUT2D eigenvalue weighted by molar-refractivity contribution is -0.150. The minimum atomic E-state index is -0.689. The smallest absolute Gasteiger partial charge is 0.306 e. The van der Waals surface area contributed by atoms with Crippen LogP contribution in [0.25, 0.3) is 0 Å². The Balaban J connectivity index is 3.70. The Kier molecular flexibility index (Phi) is 24.7. The number of carbonyl (C=O) groups excluding carboxylic acids is 1. The molecule has 1 atom stereocenters. The quantitative estimate of drug-likeness (QED) is 0.101. The summed E-state index contributed by atoms with van der Waals surface area (Å²) in [5.41, 5.74) is 0. The van der Waals surface area contributed by atoms with Crippen LogP contribution in [0.15, 0.2) is 0 Å². The molecule has 0 aromatic rings. The van der Waals surface area contributed by atoms with E-state index in [4.69, 9.17) is 9.84 Å². The second kappa shape index (κ2) is 25.6. The molecule has 1 unspecified atom stereocenters. The van der Waals surface area contributed by atoms with E-state index in [1.54, 1.807) is 0 Å². The van der Waals surface area contributed by atoms with Crippen molar-refractivity contribution in [1.29, 1.82) is 0 Å². The zero-order chi connectivity index (χ0) is 24.4. The van der Waals surface area contributed by atoms with Crippen molar-refractivity contribution >= 4 is 11.9 Å². The van der Waals surface area contributed by atoms with Gasteiger partial charge in [-0.25, -0.2) is 0 Å². The van der Waals surface area contributed by atoms with Gasteiger partial charge in [0.2, 0.25) is 0 Å². The number of esters is 1. The summed E-state index contributed by atoms with van der Waals surface area (Å²) in [6.45, 7) is 4.45. The van der Waals surface area contributed by atoms with Gasteiger partial charge in [-0.2, -0.15) is 0 Å². The summed E-state index contributed by atoms with van der Waals surface area (Å²) in [6, 6.07) is 0. The van der Waals surface area contributed by atoms with Crippen molar-refractivity contribution in [1.82, 2.24) is 0 Å². The minimum Gasteiger partial charge on any atom is -0.481 e. The van der Waals surface area contributed by atoms with E-state index in [9.17, 15) is 9.59 Å². The Morgan fingerprint density at radius 3 is 1.42 bits per heavy atom. The topological polar surface area (TPSA) is 63.6 Å². The van der Waals surface area contributed by atoms with Crippen LogP contribution in [0.5, 0.6) is 0 Å². The normalized spacial score (nSPS) is 12.1. The summed E-state index contributed by atoms with van der Waals surface area (Å²) in [6.07, 6.45) is 27.1. The van der Waals surface area contributed by atoms with Gasteiger partial charge in [-0.1, -0.05) is 123 Å². The molecular formula is C29H56O4. The molecule has 0 saturated heterocycles. The molecule has 4 heteroatoms. The fourth-order valence-corrected chi connectivity index (χ4v) is 4.40. The van der Waals surface area contributed by atoms with Crippen molar-refractivity contribution < 1.29 is 19.4 Å². The van der Waals surface area contributed by atoms with Crippen LogP contribution in [0.3, 0.4) is 0 Å². The molecule has 0 aliphatic heterocycles. The van der Waals surface area contributed by atoms with Crippen LogP contribution in [-0.4, -0.2) is 23.1 Å². The van der Waals surface area contributed by atoms with Gasteiger partial charge in [0, 0.05) is 12.8 Å². The second-order valence-corrected chi connectivity index (χ2v) is 9.95. The van der Waals surface area contributed by atoms with Crippen molar-refractivity contribution in [2.75, 3.05) is 0 Å². The molecule has 0 saturated carbocycles. The molecule has 0 heterocycles. The predicted octanol–water partition coefficient (Wildman–Crippen LogP) is 9.39. The van der Waals surface area contributed by atoms with Gasteiger partial charge in [0.05, 0.1) is 0 Å². The van der Waals surface area contributed by atoms with Crippen molar-refractivity contribution in [2.45, 2.75) is 174 Å². The maximum Gasteiger partial charge on any atom is 0.306 e. The lowest BCUT2D eigenvalue weighted by atomic mass is 10.0. The number of carboxylic acids is 1. The lowest BCUT2D eigenvalue weighted by Gasteiger charge is -2.18. The maximum atomic E-state index is 12.3. The number of rotatable bonds is 26. The van der Waals surface area contributed by atoms with Gasteiger partial charge in [0.1, 0.15) is 6.10 Å². The van der Waals surface area contributed by atoms with Crippen LogP contribution < -0.4 is 0 Å². The molecule has 1 N–H and O–H groups in total. The highest BCUT2D eigenvalue weighted by Gasteiger charge is 2.13. The molecule has 0 radical (unpaired) electrons. The summed E-state index contributed by atoms with van der Waals surface area (Å²) in [4.78, 5) is 22.8. The van der Waals surface area contributed by atoms with Crippen LogP contribution in [0.4, 0.5) is 0 Å². The van der Waals surface area contributed by atoms with E-state index in [1.165, 1.54) is 77.0 Å². The summed E-state index contributed by atoms with van der Waals surface area (Å²) in [5.74, 6) is -0.684. The molecule has 0 amide bonds. The van der Waals surface area contributed by atoms with Crippen LogP contribution in [-0.2, 0) is 14.3 Å². The fraction of sp³-hybridized carbons (Fsp3) is 0.931. The average molecular weight is 469 g/mol. The molecule has 196 valence electrons. The third kappa shape index (κ3) is 25.4. The van der Waals surface area contributed by atoms with E-state index in [0.29, 0.717) is 12.8 Å². The van der Waals surface area contributed by atoms with Gasteiger partial charge in [-0.05, 0) is 32.1 Å². The maximum absolute atomic E-state index is 12.3. The number of aliphatic carboxylic acids is 1. The standard InChI is InChI=1S/C29H56O4/c1-3-5-7-8-9-10-11-12-16-19-22-26-29(32)33-27(23-6-4-2)24-20-17-14-13-15-18-21-25-28(30)31/h27H,3-26H2,1-2H3,(H,30,31). The molecule has 0 bridgehead atoms. The van der Waals surface area contributed by atoms with Crippen molar-refractivity contribution in [2.24, 2.45) is 0 Å². The lowest BCUT2D eigenvalue weighted by Crippen LogP contribution is -2.18. The molecule has 0 aromatic heterocycles. The van der Waals surface area contributed by atoms with Crippen molar-refractivity contribution in [3.8, 4) is 0 Å². The van der Waals surface area contributed by atoms with Crippen LogP contribution >= 0.6 is 0 Å². The summed E-state index contributed by atoms with van der Waals surface area (Å²) in [7, 11) is 0. The third-order valence-electron chi connectivity index (χ3n) is 6.58. The Morgan fingerprint density at radius 2 is 0.939 bits per heavy atom. The zero-order valence-corrected chi connectivity index (χ0v) is 22.2. The zero-order valence-electron chi connectivity index (χ0n) is 22.2. The van der Waals surface area contributed by atoms with E-state index in [2.05, 4.69) is 13.8 Å². The summed E-state index contributed by atoms with van der Waals surface area (Å²) in [5, 5.41) is 8.65. The van der Waals surface area contributed by atoms with E-state index in [-0.39, 0.29) is 12.1 Å². The van der Waals surface area contributed by atoms with Crippen LogP contribution in [0.2, 0.25) is 0 Å². The highest BCUT2D eigenvalue weighted by Crippen LogP contribution is 2.17. The Morgan fingerprint density at radius 1 is 0.545 bits per heavy atom. The minimum absolute atomic E-state index is 0.00505. The molecule has 0 spiro atoms. The van der Waals surface area contributed by atoms with Gasteiger partial charge in [-0.15, -0.1) is 0 Å². The number of unbranched alkanes of at least 4 members (excludes halogenated alkanes) is 17. The second-order valence-electron chi connectivity index (χ2n) is 9.95. The van der Waals surface area contributed by atoms with Gasteiger partial charge in [-0.3, -0.25) is 9.59 Å². The number of ether oxygens (including phenoxy) is 1. The Bertz CT molecular complexity index is 435. The summed E-state index contributed by atoms with van der Waals surface area (Å²) < 4.78 is 5.83. The summed E-state index contributed by atoms with van der Waals surface area (Å²) >= 11 is 0. The third-order valence-corrected chi connectivity index (χ3v) is 6.58. The van der Waals surface area contributed by atoms with Gasteiger partial charge in [0.15, 0.2) is 0 Å². The van der Waals surface area contributed by atoms with E-state index in [0.717, 1.165) is 64.2 Å². The molecule has 0 fully saturated rings. The first-order valence-electron chi connectivity index (χ1n) is 14.5. The molecule has 0 rings (SSSR count). The molecule has 0 aromatic carbocycles. The highest BCUT2D eigenvalue weighted by molar-refractivity contribution is 5.69. The van der Waals surface area contributed by atoms with Crippen molar-refractivity contribution in [3.63, 3.8) is 0 Å². The highest BCUT2D eigenvalue weighted by atomic mass is 16.5. The molecule has 0 aliphatic carbocycles. The molecule has 33 heavy (non-hydrogen) atoms. The monoisotopic (exact) mass is 468 g/mol.